The third-order valence-electron chi connectivity index (χ3n) is 4.88. The van der Waals surface area contributed by atoms with E-state index in [1.54, 1.807) is 0 Å². The summed E-state index contributed by atoms with van der Waals surface area (Å²) in [6.07, 6.45) is 0.889. The lowest BCUT2D eigenvalue weighted by molar-refractivity contribution is -0.133. The van der Waals surface area contributed by atoms with Gasteiger partial charge >= 0.3 is 6.09 Å². The number of hydroxylamine groups is 1. The van der Waals surface area contributed by atoms with E-state index in [4.69, 9.17) is 9.94 Å². The van der Waals surface area contributed by atoms with Crippen LogP contribution in [0.2, 0.25) is 0 Å². The molecule has 2 atom stereocenters. The lowest BCUT2D eigenvalue weighted by atomic mass is 10.0. The maximum absolute atomic E-state index is 12.9. The normalized spacial score (nSPS) is 16.5. The molecule has 4 N–H and O–H groups in total. The van der Waals surface area contributed by atoms with Crippen LogP contribution in [0.3, 0.4) is 0 Å². The number of nitrogens with zero attached hydrogens (tertiary/aromatic N) is 1. The molecule has 1 saturated heterocycles. The molecule has 0 spiro atoms. The van der Waals surface area contributed by atoms with Crippen LogP contribution in [-0.4, -0.2) is 59.1 Å². The van der Waals surface area contributed by atoms with Crippen LogP contribution < -0.4 is 16.1 Å². The number of carbonyl (C=O) groups is 4. The number of hydrogen-bond donors (Lipinski definition) is 4. The van der Waals surface area contributed by atoms with E-state index >= 15 is 0 Å². The summed E-state index contributed by atoms with van der Waals surface area (Å²) >= 11 is 0. The van der Waals surface area contributed by atoms with Crippen molar-refractivity contribution >= 4 is 23.8 Å². The quantitative estimate of drug-likeness (QED) is 0.337. The summed E-state index contributed by atoms with van der Waals surface area (Å²) in [5.41, 5.74) is 2.27. The summed E-state index contributed by atoms with van der Waals surface area (Å²) in [7, 11) is 0. The van der Waals surface area contributed by atoms with Crippen LogP contribution in [0, 0.1) is 5.92 Å². The van der Waals surface area contributed by atoms with Crippen molar-refractivity contribution in [1.29, 1.82) is 0 Å². The van der Waals surface area contributed by atoms with E-state index < -0.39 is 42.4 Å². The second-order valence-electron chi connectivity index (χ2n) is 7.84. The SMILES string of the molecule is CC(C)C[C@H](NC(=O)[C@H]1CCCN1C(=O)OCc1ccccc1)C(=O)NCC(=O)NO. The molecule has 1 aliphatic rings. The van der Waals surface area contributed by atoms with E-state index in [-0.39, 0.29) is 12.5 Å². The number of amides is 4. The van der Waals surface area contributed by atoms with E-state index in [1.165, 1.54) is 10.4 Å². The van der Waals surface area contributed by atoms with Gasteiger partial charge in [0, 0.05) is 6.54 Å². The van der Waals surface area contributed by atoms with Crippen LogP contribution in [-0.2, 0) is 25.7 Å². The third kappa shape index (κ3) is 7.56. The summed E-state index contributed by atoms with van der Waals surface area (Å²) in [6.45, 7) is 3.88. The van der Waals surface area contributed by atoms with Gasteiger partial charge in [0.15, 0.2) is 0 Å². The molecule has 0 bridgehead atoms. The first-order chi connectivity index (χ1) is 14.8. The molecule has 1 aromatic carbocycles. The predicted octanol–water partition coefficient (Wildman–Crippen LogP) is 0.940. The van der Waals surface area contributed by atoms with Gasteiger partial charge in [-0.1, -0.05) is 44.2 Å². The van der Waals surface area contributed by atoms with Gasteiger partial charge in [-0.3, -0.25) is 24.5 Å². The maximum Gasteiger partial charge on any atom is 0.410 e. The Bertz CT molecular complexity index is 770. The molecular formula is C21H30N4O6. The van der Waals surface area contributed by atoms with Gasteiger partial charge in [0.25, 0.3) is 5.91 Å². The van der Waals surface area contributed by atoms with E-state index in [2.05, 4.69) is 10.6 Å². The Labute approximate surface area is 181 Å². The molecule has 31 heavy (non-hydrogen) atoms. The summed E-state index contributed by atoms with van der Waals surface area (Å²) in [4.78, 5) is 50.3. The van der Waals surface area contributed by atoms with Crippen LogP contribution in [0.5, 0.6) is 0 Å². The van der Waals surface area contributed by atoms with E-state index in [0.717, 1.165) is 5.56 Å². The average molecular weight is 434 g/mol. The second-order valence-corrected chi connectivity index (χ2v) is 7.84. The Morgan fingerprint density at radius 1 is 1.19 bits per heavy atom. The summed E-state index contributed by atoms with van der Waals surface area (Å²) in [5.74, 6) is -1.66. The molecule has 170 valence electrons. The summed E-state index contributed by atoms with van der Waals surface area (Å²) in [5, 5.41) is 13.6. The first-order valence-electron chi connectivity index (χ1n) is 10.3. The van der Waals surface area contributed by atoms with Crippen molar-refractivity contribution in [3.63, 3.8) is 0 Å². The molecule has 0 saturated carbocycles. The van der Waals surface area contributed by atoms with Crippen LogP contribution in [0.1, 0.15) is 38.7 Å². The highest BCUT2D eigenvalue weighted by molar-refractivity contribution is 5.93. The zero-order chi connectivity index (χ0) is 22.8. The molecular weight excluding hydrogens is 404 g/mol. The lowest BCUT2D eigenvalue weighted by Gasteiger charge is -2.26. The molecule has 1 fully saturated rings. The van der Waals surface area contributed by atoms with Crippen molar-refractivity contribution < 1.29 is 29.1 Å². The molecule has 10 nitrogen and oxygen atoms in total. The number of nitrogens with one attached hydrogen (secondary N) is 3. The molecule has 4 amide bonds. The zero-order valence-corrected chi connectivity index (χ0v) is 17.8. The van der Waals surface area contributed by atoms with Gasteiger partial charge in [-0.05, 0) is 30.7 Å². The standard InChI is InChI=1S/C21H30N4O6/c1-14(2)11-16(19(27)22-12-18(26)24-30)23-20(28)17-9-6-10-25(17)21(29)31-13-15-7-4-3-5-8-15/h3-5,7-8,14,16-17,30H,6,9-13H2,1-2H3,(H,22,27)(H,23,28)(H,24,26)/t16-,17+/m0/s1. The van der Waals surface area contributed by atoms with Crippen molar-refractivity contribution in [2.45, 2.75) is 51.8 Å². The second kappa shape index (κ2) is 11.9. The lowest BCUT2D eigenvalue weighted by Crippen LogP contribution is -2.54. The Morgan fingerprint density at radius 3 is 2.55 bits per heavy atom. The largest absolute Gasteiger partial charge is 0.445 e. The summed E-state index contributed by atoms with van der Waals surface area (Å²) < 4.78 is 5.35. The van der Waals surface area contributed by atoms with Gasteiger partial charge in [0.1, 0.15) is 18.7 Å². The maximum atomic E-state index is 12.9. The molecule has 10 heteroatoms. The molecule has 0 unspecified atom stereocenters. The average Bonchev–Trinajstić information content (AvgIpc) is 3.25. The van der Waals surface area contributed by atoms with Gasteiger partial charge in [-0.2, -0.15) is 0 Å². The van der Waals surface area contributed by atoms with Crippen molar-refractivity contribution in [3.8, 4) is 0 Å². The van der Waals surface area contributed by atoms with Crippen molar-refractivity contribution in [3.05, 3.63) is 35.9 Å². The van der Waals surface area contributed by atoms with Crippen molar-refractivity contribution in [1.82, 2.24) is 21.0 Å². The Kier molecular flexibility index (Phi) is 9.26. The van der Waals surface area contributed by atoms with Gasteiger partial charge in [-0.15, -0.1) is 0 Å². The highest BCUT2D eigenvalue weighted by Crippen LogP contribution is 2.20. The number of hydrogen-bond acceptors (Lipinski definition) is 6. The monoisotopic (exact) mass is 434 g/mol. The van der Waals surface area contributed by atoms with Crippen LogP contribution in [0.25, 0.3) is 0 Å². The topological polar surface area (TPSA) is 137 Å². The molecule has 0 aromatic heterocycles. The van der Waals surface area contributed by atoms with Gasteiger partial charge in [0.2, 0.25) is 11.8 Å². The highest BCUT2D eigenvalue weighted by Gasteiger charge is 2.36. The van der Waals surface area contributed by atoms with Gasteiger partial charge in [-0.25, -0.2) is 10.3 Å². The Morgan fingerprint density at radius 2 is 1.90 bits per heavy atom. The first-order valence-corrected chi connectivity index (χ1v) is 10.3. The van der Waals surface area contributed by atoms with E-state index in [0.29, 0.717) is 25.8 Å². The van der Waals surface area contributed by atoms with Crippen LogP contribution in [0.4, 0.5) is 4.79 Å². The third-order valence-corrected chi connectivity index (χ3v) is 4.88. The fourth-order valence-corrected chi connectivity index (χ4v) is 3.36. The first kappa shape index (κ1) is 24.1. The highest BCUT2D eigenvalue weighted by atomic mass is 16.6. The van der Waals surface area contributed by atoms with E-state index in [1.807, 2.05) is 44.2 Å². The molecule has 2 rings (SSSR count). The number of rotatable bonds is 9. The van der Waals surface area contributed by atoms with Crippen LogP contribution >= 0.6 is 0 Å². The number of carbonyl (C=O) groups excluding carboxylic acids is 4. The van der Waals surface area contributed by atoms with Gasteiger partial charge in [0.05, 0.1) is 6.54 Å². The zero-order valence-electron chi connectivity index (χ0n) is 17.8. The number of likely N-dealkylation sites (tertiary alicyclic amines) is 1. The fraction of sp³-hybridized carbons (Fsp3) is 0.524. The Balaban J connectivity index is 1.96. The summed E-state index contributed by atoms with van der Waals surface area (Å²) in [6, 6.07) is 7.64. The fourth-order valence-electron chi connectivity index (χ4n) is 3.36. The van der Waals surface area contributed by atoms with Crippen molar-refractivity contribution in [2.75, 3.05) is 13.1 Å². The molecule has 0 radical (unpaired) electrons. The predicted molar refractivity (Wildman–Crippen MR) is 111 cm³/mol. The number of benzene rings is 1. The Hall–Kier alpha value is -3.14. The van der Waals surface area contributed by atoms with Gasteiger partial charge < -0.3 is 15.4 Å². The minimum Gasteiger partial charge on any atom is -0.445 e. The molecule has 1 heterocycles. The van der Waals surface area contributed by atoms with Crippen molar-refractivity contribution in [2.24, 2.45) is 5.92 Å². The molecule has 1 aromatic rings. The van der Waals surface area contributed by atoms with E-state index in [9.17, 15) is 19.2 Å². The minimum absolute atomic E-state index is 0.0956. The smallest absolute Gasteiger partial charge is 0.410 e. The molecule has 0 aliphatic carbocycles. The van der Waals surface area contributed by atoms with Crippen LogP contribution in [0.15, 0.2) is 30.3 Å². The number of ether oxygens (including phenoxy) is 1. The molecule has 1 aliphatic heterocycles. The minimum atomic E-state index is -0.873.